The van der Waals surface area contributed by atoms with Gasteiger partial charge in [-0.1, -0.05) is 77.9 Å². The SMILES string of the molecule is CC(C)(C)OC(=O)N[C@H](C(=O)N[C@@H](C[P+](C)(c1ccccc1)c1ccccc1)C(C)(C)C)C(C)(C)C. The quantitative estimate of drug-likeness (QED) is 0.463. The van der Waals surface area contributed by atoms with Crippen molar-refractivity contribution >= 4 is 29.9 Å². The summed E-state index contributed by atoms with van der Waals surface area (Å²) in [7, 11) is -1.84. The zero-order valence-corrected chi connectivity index (χ0v) is 24.7. The van der Waals surface area contributed by atoms with Crippen LogP contribution in [0.15, 0.2) is 60.7 Å². The van der Waals surface area contributed by atoms with E-state index in [2.05, 4.69) is 86.6 Å². The van der Waals surface area contributed by atoms with Crippen molar-refractivity contribution < 1.29 is 14.3 Å². The highest BCUT2D eigenvalue weighted by atomic mass is 31.2. The van der Waals surface area contributed by atoms with E-state index in [1.807, 2.05) is 53.7 Å². The molecule has 0 unspecified atom stereocenters. The highest BCUT2D eigenvalue weighted by Crippen LogP contribution is 2.54. The summed E-state index contributed by atoms with van der Waals surface area (Å²) in [5, 5.41) is 8.79. The molecule has 5 nitrogen and oxygen atoms in total. The molecule has 0 aliphatic heterocycles. The Balaban J connectivity index is 2.41. The van der Waals surface area contributed by atoms with Crippen LogP contribution >= 0.6 is 7.26 Å². The first kappa shape index (κ1) is 29.8. The van der Waals surface area contributed by atoms with Crippen molar-refractivity contribution in [2.75, 3.05) is 12.8 Å². The highest BCUT2D eigenvalue weighted by molar-refractivity contribution is 7.89. The molecule has 0 saturated carbocycles. The van der Waals surface area contributed by atoms with E-state index in [0.29, 0.717) is 0 Å². The fraction of sp³-hybridized carbons (Fsp3) is 0.533. The van der Waals surface area contributed by atoms with Crippen LogP contribution in [0.5, 0.6) is 0 Å². The number of carbonyl (C=O) groups excluding carboxylic acids is 2. The Morgan fingerprint density at radius 1 is 0.750 bits per heavy atom. The first-order valence-electron chi connectivity index (χ1n) is 12.7. The number of hydrogen-bond acceptors (Lipinski definition) is 3. The fourth-order valence-electron chi connectivity index (χ4n) is 4.13. The van der Waals surface area contributed by atoms with Crippen molar-refractivity contribution in [1.29, 1.82) is 0 Å². The number of alkyl carbamates (subject to hydrolysis) is 1. The molecule has 2 N–H and O–H groups in total. The van der Waals surface area contributed by atoms with Crippen LogP contribution in [0.25, 0.3) is 0 Å². The van der Waals surface area contributed by atoms with Gasteiger partial charge in [0.15, 0.2) is 0 Å². The van der Waals surface area contributed by atoms with Gasteiger partial charge in [0.25, 0.3) is 0 Å². The number of hydrogen-bond donors (Lipinski definition) is 2. The highest BCUT2D eigenvalue weighted by Gasteiger charge is 2.45. The van der Waals surface area contributed by atoms with Gasteiger partial charge in [-0.2, -0.15) is 0 Å². The minimum Gasteiger partial charge on any atom is -0.444 e. The fourth-order valence-corrected chi connectivity index (χ4v) is 7.88. The lowest BCUT2D eigenvalue weighted by molar-refractivity contribution is -0.127. The van der Waals surface area contributed by atoms with E-state index in [0.717, 1.165) is 6.16 Å². The van der Waals surface area contributed by atoms with Crippen LogP contribution in [0.4, 0.5) is 4.79 Å². The molecule has 2 amide bonds. The third-order valence-electron chi connectivity index (χ3n) is 6.35. The Labute approximate surface area is 219 Å². The predicted molar refractivity (Wildman–Crippen MR) is 154 cm³/mol. The van der Waals surface area contributed by atoms with Gasteiger partial charge < -0.3 is 15.4 Å². The van der Waals surface area contributed by atoms with E-state index in [1.54, 1.807) is 0 Å². The lowest BCUT2D eigenvalue weighted by atomic mass is 9.84. The summed E-state index contributed by atoms with van der Waals surface area (Å²) in [6.07, 6.45) is 0.218. The van der Waals surface area contributed by atoms with E-state index in [4.69, 9.17) is 4.74 Å². The zero-order valence-electron chi connectivity index (χ0n) is 23.8. The molecule has 0 aromatic heterocycles. The molecule has 0 heterocycles. The molecule has 0 bridgehead atoms. The molecule has 2 aromatic rings. The summed E-state index contributed by atoms with van der Waals surface area (Å²) in [5.41, 5.74) is -1.34. The van der Waals surface area contributed by atoms with E-state index in [1.165, 1.54) is 10.6 Å². The summed E-state index contributed by atoms with van der Waals surface area (Å²) in [6.45, 7) is 20.1. The first-order valence-corrected chi connectivity index (χ1v) is 15.1. The van der Waals surface area contributed by atoms with Crippen LogP contribution in [0, 0.1) is 10.8 Å². The molecule has 198 valence electrons. The van der Waals surface area contributed by atoms with Gasteiger partial charge >= 0.3 is 6.09 Å². The summed E-state index contributed by atoms with van der Waals surface area (Å²) in [4.78, 5) is 26.3. The van der Waals surface area contributed by atoms with Crippen LogP contribution in [0.2, 0.25) is 0 Å². The number of nitrogens with one attached hydrogen (secondary N) is 2. The predicted octanol–water partition coefficient (Wildman–Crippen LogP) is 5.76. The second-order valence-corrected chi connectivity index (χ2v) is 16.7. The van der Waals surface area contributed by atoms with Gasteiger partial charge in [-0.3, -0.25) is 4.79 Å². The van der Waals surface area contributed by atoms with Crippen molar-refractivity contribution in [3.05, 3.63) is 60.7 Å². The van der Waals surface area contributed by atoms with Crippen molar-refractivity contribution in [2.24, 2.45) is 10.8 Å². The minimum atomic E-state index is -1.84. The number of rotatable bonds is 7. The van der Waals surface area contributed by atoms with Gasteiger partial charge in [0, 0.05) is 0 Å². The molecule has 0 aliphatic carbocycles. The molecular formula is C30H46N2O3P+. The standard InChI is InChI=1S/C30H45N2O3P/c1-28(2,3)24(31-26(33)25(29(4,5)6)32-27(34)35-30(7,8)9)21-36(10,22-17-13-11-14-18-22)23-19-15-12-16-20-23/h11-20,24-25H,21H2,1-10H3,(H-,31,32,33,34)/p+1/t24-,25+/m0/s1. The monoisotopic (exact) mass is 513 g/mol. The van der Waals surface area contributed by atoms with Crippen molar-refractivity contribution in [1.82, 2.24) is 10.6 Å². The lowest BCUT2D eigenvalue weighted by Gasteiger charge is -2.38. The topological polar surface area (TPSA) is 67.4 Å². The van der Waals surface area contributed by atoms with Gasteiger partial charge in [-0.25, -0.2) is 4.79 Å². The van der Waals surface area contributed by atoms with Crippen LogP contribution in [0.3, 0.4) is 0 Å². The average Bonchev–Trinajstić information content (AvgIpc) is 2.75. The Morgan fingerprint density at radius 2 is 1.19 bits per heavy atom. The van der Waals surface area contributed by atoms with Gasteiger partial charge in [-0.05, 0) is 55.9 Å². The molecule has 2 aromatic carbocycles. The van der Waals surface area contributed by atoms with Gasteiger partial charge in [-0.15, -0.1) is 0 Å². The van der Waals surface area contributed by atoms with Crippen LogP contribution < -0.4 is 21.2 Å². The Kier molecular flexibility index (Phi) is 9.40. The second kappa shape index (κ2) is 11.3. The maximum absolute atomic E-state index is 13.7. The zero-order chi connectivity index (χ0) is 27.4. The number of carbonyl (C=O) groups is 2. The molecule has 6 heteroatoms. The normalized spacial score (nSPS) is 14.5. The van der Waals surface area contributed by atoms with Gasteiger partial charge in [0.05, 0.1) is 36.7 Å². The van der Waals surface area contributed by atoms with E-state index >= 15 is 0 Å². The smallest absolute Gasteiger partial charge is 0.408 e. The second-order valence-electron chi connectivity index (χ2n) is 12.9. The van der Waals surface area contributed by atoms with E-state index < -0.39 is 30.4 Å². The maximum atomic E-state index is 13.7. The molecular weight excluding hydrogens is 467 g/mol. The minimum absolute atomic E-state index is 0.117. The molecule has 36 heavy (non-hydrogen) atoms. The number of benzene rings is 2. The third kappa shape index (κ3) is 8.34. The maximum Gasteiger partial charge on any atom is 0.408 e. The van der Waals surface area contributed by atoms with Crippen LogP contribution in [0.1, 0.15) is 62.3 Å². The van der Waals surface area contributed by atoms with Crippen LogP contribution in [-0.4, -0.2) is 42.5 Å². The molecule has 0 aliphatic rings. The van der Waals surface area contributed by atoms with Crippen LogP contribution in [-0.2, 0) is 9.53 Å². The van der Waals surface area contributed by atoms with E-state index in [-0.39, 0.29) is 17.4 Å². The molecule has 0 saturated heterocycles. The van der Waals surface area contributed by atoms with Crippen molar-refractivity contribution in [2.45, 2.75) is 80.0 Å². The largest absolute Gasteiger partial charge is 0.444 e. The molecule has 0 fully saturated rings. The number of amides is 2. The van der Waals surface area contributed by atoms with Crippen molar-refractivity contribution in [3.63, 3.8) is 0 Å². The Hall–Kier alpha value is -2.39. The van der Waals surface area contributed by atoms with E-state index in [9.17, 15) is 9.59 Å². The summed E-state index contributed by atoms with van der Waals surface area (Å²) in [6, 6.07) is 20.4. The van der Waals surface area contributed by atoms with Crippen molar-refractivity contribution in [3.8, 4) is 0 Å². The third-order valence-corrected chi connectivity index (χ3v) is 10.3. The summed E-state index contributed by atoms with van der Waals surface area (Å²) < 4.78 is 5.46. The number of ether oxygens (including phenoxy) is 1. The summed E-state index contributed by atoms with van der Waals surface area (Å²) in [5.74, 6) is -0.194. The van der Waals surface area contributed by atoms with Gasteiger partial charge in [0.2, 0.25) is 5.91 Å². The first-order chi connectivity index (χ1) is 16.4. The Morgan fingerprint density at radius 3 is 1.56 bits per heavy atom. The molecule has 0 spiro atoms. The Bertz CT molecular complexity index is 963. The lowest BCUT2D eigenvalue weighted by Crippen LogP contribution is -2.58. The average molecular weight is 514 g/mol. The molecule has 2 atom stereocenters. The summed E-state index contributed by atoms with van der Waals surface area (Å²) >= 11 is 0. The molecule has 0 radical (unpaired) electrons. The molecule has 2 rings (SSSR count). The van der Waals surface area contributed by atoms with Gasteiger partial charge in [0.1, 0.15) is 11.6 Å².